The fourth-order valence-corrected chi connectivity index (χ4v) is 2.27. The van der Waals surface area contributed by atoms with E-state index in [0.717, 1.165) is 6.42 Å². The van der Waals surface area contributed by atoms with Gasteiger partial charge in [-0.15, -0.1) is 0 Å². The van der Waals surface area contributed by atoms with Crippen LogP contribution in [0.1, 0.15) is 25.8 Å². The maximum absolute atomic E-state index is 13.1. The van der Waals surface area contributed by atoms with Crippen LogP contribution in [-0.4, -0.2) is 12.0 Å². The molecule has 0 radical (unpaired) electrons. The summed E-state index contributed by atoms with van der Waals surface area (Å²) in [4.78, 5) is 12.3. The van der Waals surface area contributed by atoms with Gasteiger partial charge in [-0.2, -0.15) is 0 Å². The first kappa shape index (κ1) is 17.3. The Morgan fingerprint density at radius 2 is 1.91 bits per heavy atom. The first-order chi connectivity index (χ1) is 11.0. The number of nitrogens with one attached hydrogen (secondary N) is 1. The van der Waals surface area contributed by atoms with Crippen molar-refractivity contribution in [2.75, 3.05) is 5.32 Å². The number of carbonyl (C=O) groups excluding carboxylic acids is 1. The van der Waals surface area contributed by atoms with Crippen molar-refractivity contribution in [1.29, 1.82) is 0 Å². The van der Waals surface area contributed by atoms with Crippen LogP contribution in [0.5, 0.6) is 5.75 Å². The lowest BCUT2D eigenvalue weighted by molar-refractivity contribution is -0.122. The number of aryl methyl sites for hydroxylation is 1. The van der Waals surface area contributed by atoms with Crippen molar-refractivity contribution in [2.24, 2.45) is 0 Å². The van der Waals surface area contributed by atoms with Gasteiger partial charge in [0.1, 0.15) is 11.6 Å². The normalized spacial score (nSPS) is 11.8. The van der Waals surface area contributed by atoms with E-state index in [1.165, 1.54) is 23.8 Å². The Labute approximate surface area is 140 Å². The molecule has 0 aliphatic rings. The molecule has 0 bridgehead atoms. The Morgan fingerprint density at radius 3 is 2.48 bits per heavy atom. The molecule has 2 rings (SSSR count). The highest BCUT2D eigenvalue weighted by Gasteiger charge is 2.19. The minimum Gasteiger partial charge on any atom is -0.481 e. The first-order valence-corrected chi connectivity index (χ1v) is 7.92. The van der Waals surface area contributed by atoms with E-state index in [4.69, 9.17) is 16.3 Å². The van der Waals surface area contributed by atoms with Crippen LogP contribution in [-0.2, 0) is 11.2 Å². The second-order valence-electron chi connectivity index (χ2n) is 5.13. The first-order valence-electron chi connectivity index (χ1n) is 7.55. The number of carbonyl (C=O) groups is 1. The summed E-state index contributed by atoms with van der Waals surface area (Å²) in [6, 6.07) is 11.7. The fraction of sp³-hybridized carbons (Fsp3) is 0.278. The third kappa shape index (κ3) is 4.70. The van der Waals surface area contributed by atoms with Gasteiger partial charge in [0.15, 0.2) is 6.10 Å². The highest BCUT2D eigenvalue weighted by molar-refractivity contribution is 6.31. The van der Waals surface area contributed by atoms with Gasteiger partial charge in [0.2, 0.25) is 0 Å². The largest absolute Gasteiger partial charge is 0.481 e. The van der Waals surface area contributed by atoms with Gasteiger partial charge in [0.05, 0.1) is 5.02 Å². The number of anilines is 1. The molecule has 0 aliphatic heterocycles. The molecule has 23 heavy (non-hydrogen) atoms. The molecule has 0 unspecified atom stereocenters. The van der Waals surface area contributed by atoms with Crippen LogP contribution in [0.15, 0.2) is 42.5 Å². The van der Waals surface area contributed by atoms with Crippen molar-refractivity contribution in [3.63, 3.8) is 0 Å². The molecule has 0 saturated carbocycles. The van der Waals surface area contributed by atoms with Crippen molar-refractivity contribution in [3.05, 3.63) is 58.9 Å². The number of ether oxygens (including phenoxy) is 1. The molecule has 2 aromatic rings. The van der Waals surface area contributed by atoms with Gasteiger partial charge in [-0.25, -0.2) is 4.39 Å². The number of hydrogen-bond donors (Lipinski definition) is 1. The van der Waals surface area contributed by atoms with Gasteiger partial charge in [-0.05, 0) is 48.7 Å². The van der Waals surface area contributed by atoms with Crippen molar-refractivity contribution in [1.82, 2.24) is 0 Å². The van der Waals surface area contributed by atoms with E-state index in [2.05, 4.69) is 12.2 Å². The predicted molar refractivity (Wildman–Crippen MR) is 90.6 cm³/mol. The third-order valence-corrected chi connectivity index (χ3v) is 3.75. The average molecular weight is 336 g/mol. The maximum Gasteiger partial charge on any atom is 0.265 e. The molecular weight excluding hydrogens is 317 g/mol. The van der Waals surface area contributed by atoms with Crippen LogP contribution in [0.2, 0.25) is 5.02 Å². The van der Waals surface area contributed by atoms with Gasteiger partial charge >= 0.3 is 0 Å². The summed E-state index contributed by atoms with van der Waals surface area (Å²) in [7, 11) is 0. The van der Waals surface area contributed by atoms with Crippen LogP contribution >= 0.6 is 11.6 Å². The third-order valence-electron chi connectivity index (χ3n) is 3.46. The number of halogens is 2. The highest BCUT2D eigenvalue weighted by Crippen LogP contribution is 2.20. The van der Waals surface area contributed by atoms with Gasteiger partial charge < -0.3 is 10.1 Å². The number of hydrogen-bond acceptors (Lipinski definition) is 2. The maximum atomic E-state index is 13.1. The Balaban J connectivity index is 2.03. The SMILES string of the molecule is CCc1ccc(O[C@H](CC)C(=O)Nc2ccc(F)c(Cl)c2)cc1. The minimum absolute atomic E-state index is 0.0353. The monoisotopic (exact) mass is 335 g/mol. The number of benzene rings is 2. The molecule has 0 fully saturated rings. The standard InChI is InChI=1S/C18H19ClFNO2/c1-3-12-5-8-14(9-6-12)23-17(4-2)18(22)21-13-7-10-16(20)15(19)11-13/h5-11,17H,3-4H2,1-2H3,(H,21,22)/t17-/m1/s1. The van der Waals surface area contributed by atoms with Gasteiger partial charge in [0, 0.05) is 5.69 Å². The fourth-order valence-electron chi connectivity index (χ4n) is 2.09. The highest BCUT2D eigenvalue weighted by atomic mass is 35.5. The van der Waals surface area contributed by atoms with Crippen molar-refractivity contribution in [2.45, 2.75) is 32.8 Å². The number of rotatable bonds is 6. The molecule has 0 aliphatic carbocycles. The Morgan fingerprint density at radius 1 is 1.22 bits per heavy atom. The lowest BCUT2D eigenvalue weighted by Gasteiger charge is -2.17. The molecular formula is C18H19ClFNO2. The zero-order valence-corrected chi connectivity index (χ0v) is 13.9. The lowest BCUT2D eigenvalue weighted by atomic mass is 10.1. The summed E-state index contributed by atoms with van der Waals surface area (Å²) in [5, 5.41) is 2.65. The summed E-state index contributed by atoms with van der Waals surface area (Å²) >= 11 is 5.71. The Hall–Kier alpha value is -2.07. The molecule has 2 aromatic carbocycles. The zero-order valence-electron chi connectivity index (χ0n) is 13.1. The topological polar surface area (TPSA) is 38.3 Å². The van der Waals surface area contributed by atoms with Crippen LogP contribution in [0.4, 0.5) is 10.1 Å². The average Bonchev–Trinajstić information content (AvgIpc) is 2.56. The molecule has 0 heterocycles. The molecule has 1 atom stereocenters. The molecule has 5 heteroatoms. The minimum atomic E-state index is -0.633. The molecule has 122 valence electrons. The van der Waals surface area contributed by atoms with Crippen LogP contribution in [0, 0.1) is 5.82 Å². The van der Waals surface area contributed by atoms with E-state index in [-0.39, 0.29) is 10.9 Å². The predicted octanol–water partition coefficient (Wildman–Crippen LogP) is 4.84. The summed E-state index contributed by atoms with van der Waals surface area (Å²) < 4.78 is 18.9. The summed E-state index contributed by atoms with van der Waals surface area (Å²) in [5.74, 6) is -0.181. The van der Waals surface area contributed by atoms with Crippen LogP contribution < -0.4 is 10.1 Å². The van der Waals surface area contributed by atoms with Gasteiger partial charge in [0.25, 0.3) is 5.91 Å². The van der Waals surface area contributed by atoms with Crippen LogP contribution in [0.3, 0.4) is 0 Å². The summed E-state index contributed by atoms with van der Waals surface area (Å²) in [5.41, 5.74) is 1.64. The second-order valence-corrected chi connectivity index (χ2v) is 5.54. The lowest BCUT2D eigenvalue weighted by Crippen LogP contribution is -2.32. The van der Waals surface area contributed by atoms with E-state index in [1.54, 1.807) is 0 Å². The van der Waals surface area contributed by atoms with E-state index in [9.17, 15) is 9.18 Å². The van der Waals surface area contributed by atoms with E-state index < -0.39 is 11.9 Å². The quantitative estimate of drug-likeness (QED) is 0.820. The molecule has 1 N–H and O–H groups in total. The van der Waals surface area contributed by atoms with Gasteiger partial charge in [-0.1, -0.05) is 37.6 Å². The number of amides is 1. The summed E-state index contributed by atoms with van der Waals surface area (Å²) in [6.45, 7) is 3.94. The van der Waals surface area contributed by atoms with Gasteiger partial charge in [-0.3, -0.25) is 4.79 Å². The summed E-state index contributed by atoms with van der Waals surface area (Å²) in [6.07, 6.45) is 0.825. The van der Waals surface area contributed by atoms with E-state index >= 15 is 0 Å². The second kappa shape index (κ2) is 7.97. The van der Waals surface area contributed by atoms with Crippen molar-refractivity contribution >= 4 is 23.2 Å². The molecule has 3 nitrogen and oxygen atoms in total. The molecule has 0 saturated heterocycles. The molecule has 1 amide bonds. The molecule has 0 spiro atoms. The smallest absolute Gasteiger partial charge is 0.265 e. The Kier molecular flexibility index (Phi) is 5.99. The van der Waals surface area contributed by atoms with Crippen LogP contribution in [0.25, 0.3) is 0 Å². The molecule has 0 aromatic heterocycles. The Bertz CT molecular complexity index is 673. The van der Waals surface area contributed by atoms with Crippen molar-refractivity contribution < 1.29 is 13.9 Å². The van der Waals surface area contributed by atoms with E-state index in [1.807, 2.05) is 31.2 Å². The van der Waals surface area contributed by atoms with E-state index in [0.29, 0.717) is 17.9 Å². The zero-order chi connectivity index (χ0) is 16.8. The van der Waals surface area contributed by atoms with Crippen molar-refractivity contribution in [3.8, 4) is 5.75 Å².